The number of dihydropyridines is 1. The molecule has 0 amide bonds. The minimum atomic E-state index is 0.889. The highest BCUT2D eigenvalue weighted by atomic mass is 16.5. The van der Waals surface area contributed by atoms with E-state index in [1.807, 2.05) is 264 Å². The van der Waals surface area contributed by atoms with Crippen LogP contribution in [0, 0.1) is 0 Å². The smallest absolute Gasteiger partial charge is 0.115 e. The lowest BCUT2D eigenvalue weighted by atomic mass is 10.2. The van der Waals surface area contributed by atoms with Crippen LogP contribution in [0.5, 0.6) is 0 Å². The molecule has 9 rings (SSSR count). The number of hydrogen-bond acceptors (Lipinski definition) is 15. The highest BCUT2D eigenvalue weighted by molar-refractivity contribution is 4.99. The van der Waals surface area contributed by atoms with E-state index >= 15 is 0 Å². The molecule has 0 spiro atoms. The zero-order valence-corrected chi connectivity index (χ0v) is 65.8. The van der Waals surface area contributed by atoms with Crippen molar-refractivity contribution in [2.75, 3.05) is 106 Å². The Morgan fingerprint density at radius 2 is 0.557 bits per heavy atom. The molecule has 4 aromatic rings. The number of nitrogens with zero attached hydrogens (tertiary/aromatic N) is 9. The first-order chi connectivity index (χ1) is 43.8. The first kappa shape index (κ1) is 125. The summed E-state index contributed by atoms with van der Waals surface area (Å²) in [5.74, 6) is 0. The summed E-state index contributed by atoms with van der Waals surface area (Å²) in [5, 5.41) is 22.9. The molecule has 15 heteroatoms. The average Bonchev–Trinajstić information content (AvgIpc) is 3.71. The van der Waals surface area contributed by atoms with Gasteiger partial charge >= 0.3 is 0 Å². The highest BCUT2D eigenvalue weighted by Gasteiger charge is 2.07. The lowest BCUT2D eigenvalue weighted by molar-refractivity contribution is 0.109. The normalized spacial score (nSPS) is 11.8. The van der Waals surface area contributed by atoms with Gasteiger partial charge in [-0.15, -0.1) is 0 Å². The Balaban J connectivity index is -0.0000000448. The Hall–Kier alpha value is -4.61. The SMILES string of the molecule is C1=CNC=CC1.C1CCNCC1.C1CNCCN1.C1COCCN1.CC.CC.CC.CC.CC.CC.CC.CC.CC.CC.CC.CC.CC.CC.CC.CC.CN1CCN(C)CC1.c1ccncc1.c1ccnnc1.c1cnccn1.c1cncnc1. The summed E-state index contributed by atoms with van der Waals surface area (Å²) in [4.78, 5) is 23.3. The van der Waals surface area contributed by atoms with Crippen molar-refractivity contribution in [3.8, 4) is 0 Å². The Labute approximate surface area is 556 Å². The van der Waals surface area contributed by atoms with E-state index < -0.39 is 0 Å². The summed E-state index contributed by atoms with van der Waals surface area (Å²) in [6.45, 7) is 79.8. The van der Waals surface area contributed by atoms with Crippen LogP contribution in [0.4, 0.5) is 0 Å². The standard InChI is InChI=1S/C6H14N2.C5H11N.C5H7N.C5H5N.C4H10N2.3C4H4N2.C4H9NO.16C2H6/c1-7-3-5-8(2)6-4-7;3*1-2-4-6-5-3-1;2*1-2-6-4-3-5-1;1-2-5-4-6-3-1;1-2-4-6-5-3-1;1-3-6-4-2-5-1;16*1-2/h3-6H2,1-2H3;6H,1-5H2;2-6H,1H2;1-5H;5-6H,1-4H2;3*1-4H;5H,1-4H2;16*1-2H3. The van der Waals surface area contributed by atoms with Crippen LogP contribution >= 0.6 is 0 Å². The summed E-state index contributed by atoms with van der Waals surface area (Å²) >= 11 is 0. The molecule has 88 heavy (non-hydrogen) atoms. The number of allylic oxidation sites excluding steroid dienone is 2. The molecule has 0 aromatic carbocycles. The molecule has 15 nitrogen and oxygen atoms in total. The van der Waals surface area contributed by atoms with E-state index in [-0.39, 0.29) is 0 Å². The average molecular weight is 1250 g/mol. The summed E-state index contributed by atoms with van der Waals surface area (Å²) < 4.78 is 5.01. The molecule has 5 N–H and O–H groups in total. The maximum absolute atomic E-state index is 5.01. The summed E-state index contributed by atoms with van der Waals surface area (Å²) in [6.07, 6.45) is 31.5. The van der Waals surface area contributed by atoms with Crippen LogP contribution in [0.15, 0.2) is 129 Å². The number of likely N-dealkylation sites (N-methyl/N-ethyl adjacent to an activating group) is 2. The highest BCUT2D eigenvalue weighted by Crippen LogP contribution is 1.96. The van der Waals surface area contributed by atoms with Gasteiger partial charge in [0.25, 0.3) is 0 Å². The molecule has 0 aliphatic carbocycles. The van der Waals surface area contributed by atoms with Gasteiger partial charge in [0.15, 0.2) is 0 Å². The Morgan fingerprint density at radius 3 is 0.670 bits per heavy atom. The van der Waals surface area contributed by atoms with Crippen molar-refractivity contribution < 1.29 is 4.74 Å². The van der Waals surface area contributed by atoms with Gasteiger partial charge in [-0.1, -0.05) is 246 Å². The quantitative estimate of drug-likeness (QED) is 0.113. The minimum Gasteiger partial charge on any atom is -0.379 e. The first-order valence-electron chi connectivity index (χ1n) is 35.6. The van der Waals surface area contributed by atoms with Crippen molar-refractivity contribution in [2.24, 2.45) is 0 Å². The van der Waals surface area contributed by atoms with E-state index in [0.29, 0.717) is 0 Å². The number of morpholine rings is 1. The molecule has 0 unspecified atom stereocenters. The van der Waals surface area contributed by atoms with E-state index in [2.05, 4.69) is 97.7 Å². The van der Waals surface area contributed by atoms with Crippen LogP contribution in [0.3, 0.4) is 0 Å². The van der Waals surface area contributed by atoms with Gasteiger partial charge in [-0.3, -0.25) is 15.0 Å². The maximum atomic E-state index is 5.01. The number of aromatic nitrogens is 7. The molecule has 4 aromatic heterocycles. The second-order valence-electron chi connectivity index (χ2n) is 12.2. The third-order valence-electron chi connectivity index (χ3n) is 7.44. The molecule has 4 fully saturated rings. The Kier molecular flexibility index (Phi) is 271. The molecular weight excluding hydrogens is 1090 g/mol. The van der Waals surface area contributed by atoms with Crippen LogP contribution in [0.2, 0.25) is 0 Å². The molecular formula is C73H164N14O. The van der Waals surface area contributed by atoms with Crippen molar-refractivity contribution in [1.82, 2.24) is 71.5 Å². The Bertz CT molecular complexity index is 980. The second-order valence-corrected chi connectivity index (χ2v) is 12.2. The van der Waals surface area contributed by atoms with Crippen LogP contribution in [-0.4, -0.2) is 151 Å². The third kappa shape index (κ3) is 185. The van der Waals surface area contributed by atoms with Gasteiger partial charge < -0.3 is 41.1 Å². The fourth-order valence-electron chi connectivity index (χ4n) is 4.31. The fourth-order valence-corrected chi connectivity index (χ4v) is 4.31. The number of ether oxygens (including phenoxy) is 1. The van der Waals surface area contributed by atoms with Crippen LogP contribution in [-0.2, 0) is 4.74 Å². The molecule has 0 atom stereocenters. The van der Waals surface area contributed by atoms with Crippen molar-refractivity contribution in [1.29, 1.82) is 0 Å². The molecule has 0 radical (unpaired) electrons. The van der Waals surface area contributed by atoms with Gasteiger partial charge in [0, 0.05) is 127 Å². The third-order valence-corrected chi connectivity index (χ3v) is 7.44. The number of pyridine rings is 1. The lowest BCUT2D eigenvalue weighted by Gasteiger charge is -2.28. The second kappa shape index (κ2) is 191. The molecule has 0 saturated carbocycles. The van der Waals surface area contributed by atoms with Gasteiger partial charge in [0.1, 0.15) is 6.33 Å². The Morgan fingerprint density at radius 1 is 0.284 bits per heavy atom. The zero-order valence-electron chi connectivity index (χ0n) is 65.8. The van der Waals surface area contributed by atoms with Gasteiger partial charge in [-0.2, -0.15) is 10.2 Å². The predicted molar refractivity (Wildman–Crippen MR) is 409 cm³/mol. The first-order valence-corrected chi connectivity index (χ1v) is 35.6. The number of piperidine rings is 1. The lowest BCUT2D eigenvalue weighted by Crippen LogP contribution is -2.42. The molecule has 5 aliphatic heterocycles. The topological polar surface area (TPSA) is 166 Å². The summed E-state index contributed by atoms with van der Waals surface area (Å²) in [5.41, 5.74) is 0. The van der Waals surface area contributed by atoms with E-state index in [1.165, 1.54) is 64.9 Å². The molecule has 9 heterocycles. The molecule has 0 bridgehead atoms. The van der Waals surface area contributed by atoms with E-state index in [4.69, 9.17) is 4.74 Å². The summed E-state index contributed by atoms with van der Waals surface area (Å²) in [7, 11) is 4.35. The van der Waals surface area contributed by atoms with Crippen LogP contribution < -0.4 is 26.6 Å². The van der Waals surface area contributed by atoms with Crippen molar-refractivity contribution >= 4 is 0 Å². The van der Waals surface area contributed by atoms with Gasteiger partial charge in [0.2, 0.25) is 0 Å². The monoisotopic (exact) mass is 1250 g/mol. The fraction of sp³-hybridized carbons (Fsp3) is 0.712. The number of nitrogens with one attached hydrogen (secondary N) is 5. The molecule has 5 aliphatic rings. The van der Waals surface area contributed by atoms with E-state index in [0.717, 1.165) is 58.9 Å². The minimum absolute atomic E-state index is 0.889. The number of rotatable bonds is 0. The molecule has 4 saturated heterocycles. The van der Waals surface area contributed by atoms with Crippen LogP contribution in [0.1, 0.15) is 247 Å². The van der Waals surface area contributed by atoms with Gasteiger partial charge in [-0.25, -0.2) is 9.97 Å². The maximum Gasteiger partial charge on any atom is 0.115 e. The van der Waals surface area contributed by atoms with Crippen LogP contribution in [0.25, 0.3) is 0 Å². The largest absolute Gasteiger partial charge is 0.379 e. The van der Waals surface area contributed by atoms with Crippen molar-refractivity contribution in [3.63, 3.8) is 0 Å². The van der Waals surface area contributed by atoms with Gasteiger partial charge in [-0.05, 0) is 89.2 Å². The number of hydrogen-bond donors (Lipinski definition) is 5. The zero-order chi connectivity index (χ0) is 71.9. The van der Waals surface area contributed by atoms with Crippen molar-refractivity contribution in [2.45, 2.75) is 247 Å². The predicted octanol–water partition coefficient (Wildman–Crippen LogP) is 19.3. The number of piperazine rings is 2. The van der Waals surface area contributed by atoms with Crippen molar-refractivity contribution in [3.05, 3.63) is 129 Å². The summed E-state index contributed by atoms with van der Waals surface area (Å²) in [6, 6.07) is 11.1. The van der Waals surface area contributed by atoms with E-state index in [9.17, 15) is 0 Å². The molecule has 532 valence electrons. The van der Waals surface area contributed by atoms with Gasteiger partial charge in [0.05, 0.1) is 13.2 Å². The van der Waals surface area contributed by atoms with E-state index in [1.54, 1.807) is 68.0 Å².